The van der Waals surface area contributed by atoms with Crippen molar-refractivity contribution in [2.75, 3.05) is 0 Å². The Morgan fingerprint density at radius 3 is 1.52 bits per heavy atom. The maximum atomic E-state index is 13.8. The summed E-state index contributed by atoms with van der Waals surface area (Å²) in [6.45, 7) is 9.12. The summed E-state index contributed by atoms with van der Waals surface area (Å²) < 4.78 is 56.9. The highest BCUT2D eigenvalue weighted by molar-refractivity contribution is 7.57. The minimum Gasteiger partial charge on any atom is -0.433 e. The molecule has 1 heterocycles. The molecule has 0 N–H and O–H groups in total. The van der Waals surface area contributed by atoms with Crippen molar-refractivity contribution in [1.82, 2.24) is 0 Å². The molecule has 0 aromatic heterocycles. The molecule has 3 aromatic rings. The fraction of sp³-hybridized carbons (Fsp3) is 0.417. The second-order valence-corrected chi connectivity index (χ2v) is 13.4. The Morgan fingerprint density at radius 2 is 1.11 bits per heavy atom. The van der Waals surface area contributed by atoms with Crippen molar-refractivity contribution >= 4 is 13.6 Å². The zero-order valence-electron chi connectivity index (χ0n) is 27.1. The van der Waals surface area contributed by atoms with Crippen LogP contribution in [0.5, 0.6) is 0 Å². The zero-order chi connectivity index (χ0) is 32.9. The lowest BCUT2D eigenvalue weighted by molar-refractivity contribution is -0.306. The number of ether oxygens (including phenoxy) is 5. The van der Waals surface area contributed by atoms with Crippen LogP contribution in [0.3, 0.4) is 0 Å². The number of esters is 1. The predicted molar refractivity (Wildman–Crippen MR) is 175 cm³/mol. The summed E-state index contributed by atoms with van der Waals surface area (Å²) >= 11 is 0. The van der Waals surface area contributed by atoms with Gasteiger partial charge in [-0.25, -0.2) is 0 Å². The molecule has 1 unspecified atom stereocenters. The summed E-state index contributed by atoms with van der Waals surface area (Å²) in [5.74, 6) is 0.837. The average Bonchev–Trinajstić information content (AvgIpc) is 3.02. The van der Waals surface area contributed by atoms with Gasteiger partial charge in [0.15, 0.2) is 0 Å². The summed E-state index contributed by atoms with van der Waals surface area (Å²) in [6, 6.07) is 29.1. The van der Waals surface area contributed by atoms with E-state index in [2.05, 4.69) is 0 Å². The highest BCUT2D eigenvalue weighted by Gasteiger charge is 2.49. The first kappa shape index (κ1) is 35.7. The molecule has 1 fully saturated rings. The maximum absolute atomic E-state index is 13.8. The summed E-state index contributed by atoms with van der Waals surface area (Å²) in [6.07, 6.45) is -3.62. The molecule has 1 saturated heterocycles. The Balaban J connectivity index is 1.73. The molecule has 0 saturated carbocycles. The van der Waals surface area contributed by atoms with Crippen LogP contribution in [0.1, 0.15) is 51.3 Å². The second-order valence-electron chi connectivity index (χ2n) is 11.6. The molecule has 10 heteroatoms. The van der Waals surface area contributed by atoms with Gasteiger partial charge >= 0.3 is 13.6 Å². The smallest absolute Gasteiger partial charge is 0.354 e. The molecule has 0 spiro atoms. The number of hydrogen-bond donors (Lipinski definition) is 0. The van der Waals surface area contributed by atoms with Crippen LogP contribution >= 0.6 is 7.60 Å². The average molecular weight is 653 g/mol. The van der Waals surface area contributed by atoms with E-state index in [-0.39, 0.29) is 32.0 Å². The van der Waals surface area contributed by atoms with Crippen LogP contribution in [-0.2, 0) is 61.9 Å². The van der Waals surface area contributed by atoms with Gasteiger partial charge in [-0.3, -0.25) is 9.36 Å². The largest absolute Gasteiger partial charge is 0.433 e. The van der Waals surface area contributed by atoms with Gasteiger partial charge in [0.1, 0.15) is 24.4 Å². The Hall–Kier alpha value is -3.14. The van der Waals surface area contributed by atoms with Crippen molar-refractivity contribution < 1.29 is 42.1 Å². The molecule has 1 aliphatic rings. The highest BCUT2D eigenvalue weighted by atomic mass is 31.2. The lowest BCUT2D eigenvalue weighted by atomic mass is 9.97. The van der Waals surface area contributed by atoms with Crippen molar-refractivity contribution in [3.63, 3.8) is 0 Å². The number of benzene rings is 3. The minimum absolute atomic E-state index is 0.212. The Morgan fingerprint density at radius 1 is 0.696 bits per heavy atom. The van der Waals surface area contributed by atoms with Crippen LogP contribution in [0.2, 0.25) is 0 Å². The molecular formula is C36H45O9P. The summed E-state index contributed by atoms with van der Waals surface area (Å²) in [5.41, 5.74) is 2.80. The van der Waals surface area contributed by atoms with E-state index in [4.69, 9.17) is 32.7 Å². The molecule has 0 bridgehead atoms. The molecule has 4 rings (SSSR count). The maximum Gasteiger partial charge on any atom is 0.354 e. The fourth-order valence-corrected chi connectivity index (χ4v) is 6.72. The van der Waals surface area contributed by atoms with Gasteiger partial charge in [0, 0.05) is 12.7 Å². The molecule has 3 aromatic carbocycles. The van der Waals surface area contributed by atoms with Crippen LogP contribution in [0.4, 0.5) is 0 Å². The van der Waals surface area contributed by atoms with Crippen molar-refractivity contribution in [1.29, 1.82) is 0 Å². The lowest BCUT2D eigenvalue weighted by Crippen LogP contribution is -2.60. The van der Waals surface area contributed by atoms with E-state index in [1.807, 2.05) is 91.0 Å². The Labute approximate surface area is 272 Å². The number of carbonyl (C=O) groups excluding carboxylic acids is 1. The standard InChI is InChI=1S/C36H45O9P/c1-26(2)44-46(38,45-27(3)4)22-21-32-33(39-23-29-15-9-6-10-16-29)34(40-24-30-17-11-7-12-18-30)35(36(43-32)42-28(5)37)41-25-31-19-13-8-14-20-31/h6-22,26-27,32-36H,23-25H2,1-5H3/b22-21+/t32-,33-,34+,35+,36?/m1/s1. The molecule has 9 nitrogen and oxygen atoms in total. The van der Waals surface area contributed by atoms with E-state index in [9.17, 15) is 9.36 Å². The molecule has 0 radical (unpaired) electrons. The van der Waals surface area contributed by atoms with E-state index in [1.165, 1.54) is 12.7 Å². The van der Waals surface area contributed by atoms with Gasteiger partial charge in [-0.1, -0.05) is 91.0 Å². The third-order valence-corrected chi connectivity index (χ3v) is 8.81. The van der Waals surface area contributed by atoms with Gasteiger partial charge < -0.3 is 32.7 Å². The van der Waals surface area contributed by atoms with Crippen LogP contribution in [0.25, 0.3) is 0 Å². The van der Waals surface area contributed by atoms with Gasteiger partial charge in [0.05, 0.1) is 32.0 Å². The molecule has 1 aliphatic heterocycles. The van der Waals surface area contributed by atoms with E-state index in [0.717, 1.165) is 16.7 Å². The molecule has 248 valence electrons. The van der Waals surface area contributed by atoms with Crippen molar-refractivity contribution in [3.05, 3.63) is 120 Å². The third-order valence-electron chi connectivity index (χ3n) is 6.84. The van der Waals surface area contributed by atoms with Gasteiger partial charge in [-0.05, 0) is 50.5 Å². The number of carbonyl (C=O) groups is 1. The van der Waals surface area contributed by atoms with Gasteiger partial charge in [0.2, 0.25) is 6.29 Å². The Kier molecular flexibility index (Phi) is 13.7. The van der Waals surface area contributed by atoms with Crippen LogP contribution in [0.15, 0.2) is 103 Å². The van der Waals surface area contributed by atoms with Gasteiger partial charge in [-0.2, -0.15) is 0 Å². The molecular weight excluding hydrogens is 607 g/mol. The van der Waals surface area contributed by atoms with Crippen molar-refractivity contribution in [2.24, 2.45) is 0 Å². The summed E-state index contributed by atoms with van der Waals surface area (Å²) in [4.78, 5) is 12.3. The van der Waals surface area contributed by atoms with E-state index >= 15 is 0 Å². The molecule has 0 aliphatic carbocycles. The van der Waals surface area contributed by atoms with Gasteiger partial charge in [-0.15, -0.1) is 0 Å². The quantitative estimate of drug-likeness (QED) is 0.115. The van der Waals surface area contributed by atoms with Crippen molar-refractivity contribution in [3.8, 4) is 0 Å². The molecule has 0 amide bonds. The molecule has 5 atom stereocenters. The number of hydrogen-bond acceptors (Lipinski definition) is 9. The van der Waals surface area contributed by atoms with E-state index < -0.39 is 44.3 Å². The predicted octanol–water partition coefficient (Wildman–Crippen LogP) is 7.59. The summed E-state index contributed by atoms with van der Waals surface area (Å²) in [7, 11) is -3.70. The monoisotopic (exact) mass is 652 g/mol. The number of rotatable bonds is 16. The zero-order valence-corrected chi connectivity index (χ0v) is 28.0. The topological polar surface area (TPSA) is 98.8 Å². The molecule has 46 heavy (non-hydrogen) atoms. The van der Waals surface area contributed by atoms with Crippen LogP contribution < -0.4 is 0 Å². The first-order valence-corrected chi connectivity index (χ1v) is 17.2. The van der Waals surface area contributed by atoms with Crippen LogP contribution in [0, 0.1) is 0 Å². The SMILES string of the molecule is CC(=O)OC1O[C@H](/C=C/P(=O)(OC(C)C)OC(C)C)[C@@H](OCc2ccccc2)[C@H](OCc2ccccc2)[C@@H]1OCc1ccccc1. The highest BCUT2D eigenvalue weighted by Crippen LogP contribution is 2.52. The fourth-order valence-electron chi connectivity index (χ4n) is 4.98. The second kappa shape index (κ2) is 17.7. The van der Waals surface area contributed by atoms with Gasteiger partial charge in [0.25, 0.3) is 0 Å². The van der Waals surface area contributed by atoms with E-state index in [1.54, 1.807) is 33.8 Å². The minimum atomic E-state index is -3.70. The third kappa shape index (κ3) is 11.3. The van der Waals surface area contributed by atoms with E-state index in [0.29, 0.717) is 0 Å². The first-order chi connectivity index (χ1) is 22.1. The van der Waals surface area contributed by atoms with Crippen molar-refractivity contribution in [2.45, 2.75) is 97.4 Å². The summed E-state index contributed by atoms with van der Waals surface area (Å²) in [5, 5.41) is 0. The lowest BCUT2D eigenvalue weighted by Gasteiger charge is -2.44. The first-order valence-electron chi connectivity index (χ1n) is 15.6. The Bertz CT molecular complexity index is 1380. The normalized spacial score (nSPS) is 22.0. The van der Waals surface area contributed by atoms with Crippen LogP contribution in [-0.4, -0.2) is 48.9 Å².